The molecule has 1 rings (SSSR count). The van der Waals surface area contributed by atoms with Crippen molar-refractivity contribution < 1.29 is 27.1 Å². The lowest BCUT2D eigenvalue weighted by Gasteiger charge is -2.22. The highest BCUT2D eigenvalue weighted by Gasteiger charge is 2.35. The zero-order chi connectivity index (χ0) is 16.0. The summed E-state index contributed by atoms with van der Waals surface area (Å²) in [7, 11) is 1.43. The number of carbonyl (C=O) groups is 1. The van der Waals surface area contributed by atoms with E-state index < -0.39 is 23.5 Å². The third-order valence-electron chi connectivity index (χ3n) is 2.73. The fourth-order valence-electron chi connectivity index (χ4n) is 1.68. The van der Waals surface area contributed by atoms with E-state index in [-0.39, 0.29) is 31.1 Å². The Bertz CT molecular complexity index is 494. The molecule has 0 aliphatic carbocycles. The van der Waals surface area contributed by atoms with Gasteiger partial charge in [-0.25, -0.2) is 4.39 Å². The third-order valence-corrected chi connectivity index (χ3v) is 2.89. The average molecular weight is 328 g/mol. The number of ether oxygens (including phenoxy) is 1. The average Bonchev–Trinajstić information content (AvgIpc) is 2.42. The van der Waals surface area contributed by atoms with Gasteiger partial charge < -0.3 is 9.64 Å². The molecule has 0 heterocycles. The molecular formula is C13H14ClF4NO2. The molecule has 1 amide bonds. The van der Waals surface area contributed by atoms with E-state index in [1.54, 1.807) is 0 Å². The van der Waals surface area contributed by atoms with Crippen molar-refractivity contribution >= 4 is 17.5 Å². The Morgan fingerprint density at radius 1 is 1.33 bits per heavy atom. The number of alkyl halides is 4. The van der Waals surface area contributed by atoms with Gasteiger partial charge in [0, 0.05) is 31.6 Å². The van der Waals surface area contributed by atoms with E-state index in [0.29, 0.717) is 12.1 Å². The second-order valence-corrected chi connectivity index (χ2v) is 4.54. The molecule has 0 unspecified atom stereocenters. The van der Waals surface area contributed by atoms with Gasteiger partial charge >= 0.3 is 6.18 Å². The molecule has 0 spiro atoms. The van der Waals surface area contributed by atoms with Gasteiger partial charge in [0.2, 0.25) is 0 Å². The summed E-state index contributed by atoms with van der Waals surface area (Å²) < 4.78 is 55.9. The lowest BCUT2D eigenvalue weighted by molar-refractivity contribution is -0.140. The van der Waals surface area contributed by atoms with Gasteiger partial charge in [-0.3, -0.25) is 4.79 Å². The molecule has 0 aromatic heterocycles. The van der Waals surface area contributed by atoms with Gasteiger partial charge in [0.25, 0.3) is 5.91 Å². The first kappa shape index (κ1) is 17.7. The molecule has 0 bridgehead atoms. The fraction of sp³-hybridized carbons (Fsp3) is 0.462. The number of nitrogens with zero attached hydrogens (tertiary/aromatic N) is 1. The summed E-state index contributed by atoms with van der Waals surface area (Å²) in [5.74, 6) is -1.94. The monoisotopic (exact) mass is 327 g/mol. The molecule has 0 aliphatic rings. The third kappa shape index (κ3) is 4.86. The number of halogens is 5. The van der Waals surface area contributed by atoms with Crippen LogP contribution in [0.15, 0.2) is 18.2 Å². The predicted molar refractivity (Wildman–Crippen MR) is 69.9 cm³/mol. The van der Waals surface area contributed by atoms with E-state index in [1.807, 2.05) is 0 Å². The van der Waals surface area contributed by atoms with Crippen molar-refractivity contribution in [3.05, 3.63) is 35.1 Å². The van der Waals surface area contributed by atoms with Crippen LogP contribution in [0, 0.1) is 5.82 Å². The van der Waals surface area contributed by atoms with E-state index >= 15 is 0 Å². The van der Waals surface area contributed by atoms with Gasteiger partial charge in [0.05, 0.1) is 12.2 Å². The van der Waals surface area contributed by atoms with Gasteiger partial charge in [-0.15, -0.1) is 11.6 Å². The fourth-order valence-corrected chi connectivity index (χ4v) is 1.88. The van der Waals surface area contributed by atoms with Gasteiger partial charge in [-0.05, 0) is 18.2 Å². The van der Waals surface area contributed by atoms with Gasteiger partial charge in [0.15, 0.2) is 0 Å². The molecule has 21 heavy (non-hydrogen) atoms. The van der Waals surface area contributed by atoms with Crippen LogP contribution < -0.4 is 0 Å². The van der Waals surface area contributed by atoms with E-state index in [1.165, 1.54) is 12.0 Å². The highest BCUT2D eigenvalue weighted by Crippen LogP contribution is 2.32. The standard InChI is InChI=1S/C13H14ClF4NO2/c1-21-7-6-19(5-4-14)12(20)9-2-3-11(15)10(8-9)13(16,17)18/h2-3,8H,4-7H2,1H3. The SMILES string of the molecule is COCCN(CCCl)C(=O)c1ccc(F)c(C(F)(F)F)c1. The summed E-state index contributed by atoms with van der Waals surface area (Å²) in [5.41, 5.74) is -1.71. The first-order valence-electron chi connectivity index (χ1n) is 6.02. The lowest BCUT2D eigenvalue weighted by atomic mass is 10.1. The number of hydrogen-bond donors (Lipinski definition) is 0. The van der Waals surface area contributed by atoms with Crippen LogP contribution in [-0.4, -0.2) is 43.5 Å². The number of rotatable bonds is 6. The molecule has 0 aliphatic heterocycles. The Morgan fingerprint density at radius 3 is 2.52 bits per heavy atom. The van der Waals surface area contributed by atoms with Crippen LogP contribution in [0.2, 0.25) is 0 Å². The number of hydrogen-bond acceptors (Lipinski definition) is 2. The topological polar surface area (TPSA) is 29.5 Å². The van der Waals surface area contributed by atoms with Crippen LogP contribution in [0.3, 0.4) is 0 Å². The van der Waals surface area contributed by atoms with Crippen LogP contribution in [0.4, 0.5) is 17.6 Å². The summed E-state index contributed by atoms with van der Waals surface area (Å²) in [6.45, 7) is 0.555. The Balaban J connectivity index is 3.05. The number of amides is 1. The smallest absolute Gasteiger partial charge is 0.383 e. The zero-order valence-corrected chi connectivity index (χ0v) is 12.0. The molecule has 0 radical (unpaired) electrons. The van der Waals surface area contributed by atoms with Crippen molar-refractivity contribution in [2.24, 2.45) is 0 Å². The predicted octanol–water partition coefficient (Wildman–Crippen LogP) is 3.17. The second-order valence-electron chi connectivity index (χ2n) is 4.17. The van der Waals surface area contributed by atoms with E-state index in [2.05, 4.69) is 0 Å². The Kier molecular flexibility index (Phi) is 6.42. The quantitative estimate of drug-likeness (QED) is 0.593. The molecule has 3 nitrogen and oxygen atoms in total. The first-order valence-corrected chi connectivity index (χ1v) is 6.55. The van der Waals surface area contributed by atoms with Crippen molar-refractivity contribution in [3.8, 4) is 0 Å². The summed E-state index contributed by atoms with van der Waals surface area (Å²) >= 11 is 5.56. The number of carbonyl (C=O) groups excluding carboxylic acids is 1. The van der Waals surface area contributed by atoms with Crippen molar-refractivity contribution in [2.75, 3.05) is 32.7 Å². The molecular weight excluding hydrogens is 314 g/mol. The maximum atomic E-state index is 13.2. The summed E-state index contributed by atoms with van der Waals surface area (Å²) in [6.07, 6.45) is -4.86. The largest absolute Gasteiger partial charge is 0.419 e. The van der Waals surface area contributed by atoms with Crippen LogP contribution in [0.1, 0.15) is 15.9 Å². The van der Waals surface area contributed by atoms with Crippen molar-refractivity contribution in [1.29, 1.82) is 0 Å². The van der Waals surface area contributed by atoms with Gasteiger partial charge in [0.1, 0.15) is 5.82 Å². The van der Waals surface area contributed by atoms with Crippen molar-refractivity contribution in [1.82, 2.24) is 4.90 Å². The van der Waals surface area contributed by atoms with Crippen molar-refractivity contribution in [3.63, 3.8) is 0 Å². The molecule has 0 saturated heterocycles. The molecule has 0 fully saturated rings. The second kappa shape index (κ2) is 7.61. The Morgan fingerprint density at radius 2 is 2.00 bits per heavy atom. The van der Waals surface area contributed by atoms with Crippen LogP contribution in [-0.2, 0) is 10.9 Å². The molecule has 1 aromatic rings. The minimum atomic E-state index is -4.86. The first-order chi connectivity index (χ1) is 9.81. The maximum absolute atomic E-state index is 13.2. The van der Waals surface area contributed by atoms with E-state index in [0.717, 1.165) is 6.07 Å². The molecule has 0 saturated carbocycles. The maximum Gasteiger partial charge on any atom is 0.419 e. The molecule has 1 aromatic carbocycles. The van der Waals surface area contributed by atoms with Gasteiger partial charge in [-0.2, -0.15) is 13.2 Å². The zero-order valence-electron chi connectivity index (χ0n) is 11.2. The highest BCUT2D eigenvalue weighted by atomic mass is 35.5. The minimum Gasteiger partial charge on any atom is -0.383 e. The lowest BCUT2D eigenvalue weighted by Crippen LogP contribution is -2.35. The molecule has 0 atom stereocenters. The highest BCUT2D eigenvalue weighted by molar-refractivity contribution is 6.18. The van der Waals surface area contributed by atoms with Crippen LogP contribution in [0.5, 0.6) is 0 Å². The minimum absolute atomic E-state index is 0.128. The summed E-state index contributed by atoms with van der Waals surface area (Å²) in [4.78, 5) is 13.4. The Labute approximate surface area is 124 Å². The van der Waals surface area contributed by atoms with E-state index in [9.17, 15) is 22.4 Å². The normalized spacial score (nSPS) is 11.5. The summed E-state index contributed by atoms with van der Waals surface area (Å²) in [6, 6.07) is 2.15. The molecule has 118 valence electrons. The van der Waals surface area contributed by atoms with Crippen LogP contribution >= 0.6 is 11.6 Å². The number of benzene rings is 1. The Hall–Kier alpha value is -1.34. The van der Waals surface area contributed by atoms with E-state index in [4.69, 9.17) is 16.3 Å². The molecule has 8 heteroatoms. The van der Waals surface area contributed by atoms with Crippen LogP contribution in [0.25, 0.3) is 0 Å². The van der Waals surface area contributed by atoms with Crippen molar-refractivity contribution in [2.45, 2.75) is 6.18 Å². The number of methoxy groups -OCH3 is 1. The summed E-state index contributed by atoms with van der Waals surface area (Å²) in [5, 5.41) is 0. The molecule has 0 N–H and O–H groups in total. The van der Waals surface area contributed by atoms with Gasteiger partial charge in [-0.1, -0.05) is 0 Å².